The molecule has 0 saturated carbocycles. The maximum Gasteiger partial charge on any atom is 0.193 e. The second-order valence-corrected chi connectivity index (χ2v) is 4.59. The van der Waals surface area contributed by atoms with Crippen molar-refractivity contribution in [1.29, 1.82) is 0 Å². The molecule has 0 aliphatic rings. The van der Waals surface area contributed by atoms with E-state index in [1.807, 2.05) is 26.0 Å². The van der Waals surface area contributed by atoms with Crippen molar-refractivity contribution in [2.24, 2.45) is 0 Å². The van der Waals surface area contributed by atoms with Crippen molar-refractivity contribution >= 4 is 11.5 Å². The van der Waals surface area contributed by atoms with E-state index in [1.165, 1.54) is 0 Å². The highest BCUT2D eigenvalue weighted by molar-refractivity contribution is 6.10. The number of ketones is 1. The third kappa shape index (κ3) is 2.60. The number of methoxy groups -OCH3 is 1. The minimum Gasteiger partial charge on any atom is -0.496 e. The summed E-state index contributed by atoms with van der Waals surface area (Å²) in [4.78, 5) is 12.5. The lowest BCUT2D eigenvalue weighted by molar-refractivity contribution is 0.103. The smallest absolute Gasteiger partial charge is 0.193 e. The molecular weight excluding hydrogens is 238 g/mol. The minimum atomic E-state index is -0.0178. The van der Waals surface area contributed by atoms with E-state index >= 15 is 0 Å². The van der Waals surface area contributed by atoms with Gasteiger partial charge in [-0.05, 0) is 49.2 Å². The van der Waals surface area contributed by atoms with Crippen LogP contribution in [0.2, 0.25) is 0 Å². The number of carbonyl (C=O) groups excluding carboxylic acids is 1. The van der Waals surface area contributed by atoms with Gasteiger partial charge < -0.3 is 10.5 Å². The van der Waals surface area contributed by atoms with Gasteiger partial charge in [0.15, 0.2) is 5.78 Å². The second kappa shape index (κ2) is 5.14. The Morgan fingerprint density at radius 2 is 1.79 bits per heavy atom. The molecule has 2 rings (SSSR count). The number of hydrogen-bond acceptors (Lipinski definition) is 3. The summed E-state index contributed by atoms with van der Waals surface area (Å²) < 4.78 is 5.25. The first-order valence-electron chi connectivity index (χ1n) is 6.08. The monoisotopic (exact) mass is 255 g/mol. The van der Waals surface area contributed by atoms with Crippen molar-refractivity contribution < 1.29 is 9.53 Å². The minimum absolute atomic E-state index is 0.0178. The number of rotatable bonds is 3. The molecule has 2 N–H and O–H groups in total. The maximum absolute atomic E-state index is 12.5. The zero-order valence-corrected chi connectivity index (χ0v) is 11.4. The Labute approximate surface area is 113 Å². The molecule has 0 saturated heterocycles. The van der Waals surface area contributed by atoms with E-state index < -0.39 is 0 Å². The van der Waals surface area contributed by atoms with Gasteiger partial charge in [-0.2, -0.15) is 0 Å². The van der Waals surface area contributed by atoms with E-state index in [2.05, 4.69) is 0 Å². The summed E-state index contributed by atoms with van der Waals surface area (Å²) in [6.45, 7) is 3.83. The number of nitrogens with two attached hydrogens (primary N) is 1. The Hall–Kier alpha value is -2.29. The van der Waals surface area contributed by atoms with Crippen molar-refractivity contribution in [3.05, 3.63) is 58.7 Å². The van der Waals surface area contributed by atoms with Gasteiger partial charge in [-0.15, -0.1) is 0 Å². The molecule has 19 heavy (non-hydrogen) atoms. The summed E-state index contributed by atoms with van der Waals surface area (Å²) in [5, 5.41) is 0. The second-order valence-electron chi connectivity index (χ2n) is 4.59. The fourth-order valence-electron chi connectivity index (χ4n) is 2.06. The molecule has 0 amide bonds. The molecule has 0 unspecified atom stereocenters. The van der Waals surface area contributed by atoms with Gasteiger partial charge in [0, 0.05) is 16.8 Å². The average molecular weight is 255 g/mol. The number of nitrogen functional groups attached to an aromatic ring is 1. The third-order valence-electron chi connectivity index (χ3n) is 3.17. The zero-order valence-electron chi connectivity index (χ0n) is 11.4. The number of hydrogen-bond donors (Lipinski definition) is 1. The Morgan fingerprint density at radius 3 is 2.42 bits per heavy atom. The van der Waals surface area contributed by atoms with E-state index in [-0.39, 0.29) is 5.78 Å². The van der Waals surface area contributed by atoms with Crippen LogP contribution in [0.4, 0.5) is 5.69 Å². The van der Waals surface area contributed by atoms with Gasteiger partial charge in [-0.1, -0.05) is 12.1 Å². The molecule has 0 aliphatic carbocycles. The summed E-state index contributed by atoms with van der Waals surface area (Å²) in [6.07, 6.45) is 0. The normalized spacial score (nSPS) is 10.3. The molecule has 0 spiro atoms. The summed E-state index contributed by atoms with van der Waals surface area (Å²) in [7, 11) is 1.60. The van der Waals surface area contributed by atoms with Crippen LogP contribution in [0.1, 0.15) is 27.0 Å². The molecular formula is C16H17NO2. The van der Waals surface area contributed by atoms with Crippen LogP contribution >= 0.6 is 0 Å². The Morgan fingerprint density at radius 1 is 1.05 bits per heavy atom. The number of carbonyl (C=O) groups is 1. The Kier molecular flexibility index (Phi) is 3.56. The lowest BCUT2D eigenvalue weighted by Gasteiger charge is -2.09. The van der Waals surface area contributed by atoms with Crippen LogP contribution in [0, 0.1) is 13.8 Å². The molecule has 0 aromatic heterocycles. The molecule has 2 aromatic carbocycles. The van der Waals surface area contributed by atoms with Crippen LogP contribution in [-0.2, 0) is 0 Å². The molecule has 2 aromatic rings. The van der Waals surface area contributed by atoms with Crippen molar-refractivity contribution in [1.82, 2.24) is 0 Å². The number of aryl methyl sites for hydroxylation is 2. The molecule has 98 valence electrons. The van der Waals surface area contributed by atoms with Gasteiger partial charge in [0.05, 0.1) is 7.11 Å². The summed E-state index contributed by atoms with van der Waals surface area (Å²) in [5.41, 5.74) is 9.54. The first-order valence-corrected chi connectivity index (χ1v) is 6.08. The van der Waals surface area contributed by atoms with E-state index in [0.717, 1.165) is 16.9 Å². The molecule has 0 atom stereocenters. The third-order valence-corrected chi connectivity index (χ3v) is 3.17. The predicted molar refractivity (Wildman–Crippen MR) is 76.8 cm³/mol. The van der Waals surface area contributed by atoms with E-state index in [0.29, 0.717) is 16.8 Å². The molecule has 3 heteroatoms. The largest absolute Gasteiger partial charge is 0.496 e. The van der Waals surface area contributed by atoms with Gasteiger partial charge in [0.2, 0.25) is 0 Å². The van der Waals surface area contributed by atoms with Crippen LogP contribution in [0.25, 0.3) is 0 Å². The van der Waals surface area contributed by atoms with E-state index in [1.54, 1.807) is 31.4 Å². The fraction of sp³-hybridized carbons (Fsp3) is 0.188. The average Bonchev–Trinajstić information content (AvgIpc) is 2.38. The number of ether oxygens (including phenoxy) is 1. The molecule has 0 radical (unpaired) electrons. The zero-order chi connectivity index (χ0) is 14.0. The van der Waals surface area contributed by atoms with Gasteiger partial charge in [0.25, 0.3) is 0 Å². The molecule has 0 aliphatic heterocycles. The van der Waals surface area contributed by atoms with Crippen LogP contribution in [0.5, 0.6) is 5.75 Å². The highest BCUT2D eigenvalue weighted by Crippen LogP contribution is 2.22. The van der Waals surface area contributed by atoms with Crippen molar-refractivity contribution in [2.45, 2.75) is 13.8 Å². The van der Waals surface area contributed by atoms with Crippen molar-refractivity contribution in [3.8, 4) is 5.75 Å². The molecule has 0 bridgehead atoms. The number of anilines is 1. The fourth-order valence-corrected chi connectivity index (χ4v) is 2.06. The van der Waals surface area contributed by atoms with Crippen LogP contribution in [0.3, 0.4) is 0 Å². The van der Waals surface area contributed by atoms with Crippen LogP contribution in [-0.4, -0.2) is 12.9 Å². The van der Waals surface area contributed by atoms with E-state index in [4.69, 9.17) is 10.5 Å². The summed E-state index contributed by atoms with van der Waals surface area (Å²) >= 11 is 0. The van der Waals surface area contributed by atoms with Gasteiger partial charge in [-0.25, -0.2) is 0 Å². The number of benzene rings is 2. The van der Waals surface area contributed by atoms with Gasteiger partial charge in [-0.3, -0.25) is 4.79 Å². The molecule has 0 fully saturated rings. The highest BCUT2D eigenvalue weighted by Gasteiger charge is 2.13. The van der Waals surface area contributed by atoms with Crippen molar-refractivity contribution in [2.75, 3.05) is 12.8 Å². The maximum atomic E-state index is 12.5. The topological polar surface area (TPSA) is 52.3 Å². The van der Waals surface area contributed by atoms with Gasteiger partial charge in [0.1, 0.15) is 5.75 Å². The first kappa shape index (κ1) is 13.1. The predicted octanol–water partition coefficient (Wildman–Crippen LogP) is 3.13. The van der Waals surface area contributed by atoms with Crippen LogP contribution in [0.15, 0.2) is 36.4 Å². The lowest BCUT2D eigenvalue weighted by atomic mass is 9.97. The summed E-state index contributed by atoms with van der Waals surface area (Å²) in [6, 6.07) is 10.8. The molecule has 3 nitrogen and oxygen atoms in total. The standard InChI is InChI=1S/C16H17NO2/c1-10-4-5-12(9-15(10)19-3)16(18)14-7-6-13(17)8-11(14)2/h4-9H,17H2,1-3H3. The van der Waals surface area contributed by atoms with E-state index in [9.17, 15) is 4.79 Å². The van der Waals surface area contributed by atoms with Crippen LogP contribution < -0.4 is 10.5 Å². The first-order chi connectivity index (χ1) is 9.02. The van der Waals surface area contributed by atoms with Crippen molar-refractivity contribution in [3.63, 3.8) is 0 Å². The Bertz CT molecular complexity index is 633. The van der Waals surface area contributed by atoms with Gasteiger partial charge >= 0.3 is 0 Å². The molecule has 0 heterocycles. The summed E-state index contributed by atoms with van der Waals surface area (Å²) in [5.74, 6) is 0.703. The lowest BCUT2D eigenvalue weighted by Crippen LogP contribution is -2.05. The Balaban J connectivity index is 2.44. The quantitative estimate of drug-likeness (QED) is 0.677. The highest BCUT2D eigenvalue weighted by atomic mass is 16.5. The SMILES string of the molecule is COc1cc(C(=O)c2ccc(N)cc2C)ccc1C.